The van der Waals surface area contributed by atoms with Gasteiger partial charge in [-0.1, -0.05) is 28.2 Å². The number of hydrogen-bond acceptors (Lipinski definition) is 6. The van der Waals surface area contributed by atoms with Gasteiger partial charge < -0.3 is 14.8 Å². The maximum atomic E-state index is 12.1. The number of benzene rings is 1. The molecule has 1 amide bonds. The van der Waals surface area contributed by atoms with Gasteiger partial charge in [0, 0.05) is 22.8 Å². The molecule has 3 rings (SSSR count). The normalized spacial score (nSPS) is 18.4. The van der Waals surface area contributed by atoms with Gasteiger partial charge in [0.05, 0.1) is 19.8 Å². The van der Waals surface area contributed by atoms with Crippen molar-refractivity contribution in [3.8, 4) is 11.3 Å². The van der Waals surface area contributed by atoms with E-state index in [1.165, 1.54) is 0 Å². The molecule has 1 aromatic carbocycles. The number of carbonyl (C=O) groups is 1. The topological polar surface area (TPSA) is 73.3 Å². The van der Waals surface area contributed by atoms with Crippen molar-refractivity contribution < 1.29 is 14.3 Å². The van der Waals surface area contributed by atoms with E-state index in [1.54, 1.807) is 12.1 Å². The minimum Gasteiger partial charge on any atom is -0.376 e. The Hall–Kier alpha value is -1.54. The summed E-state index contributed by atoms with van der Waals surface area (Å²) >= 11 is 7.15. The van der Waals surface area contributed by atoms with Crippen LogP contribution in [0.5, 0.6) is 0 Å². The largest absolute Gasteiger partial charge is 0.376 e. The van der Waals surface area contributed by atoms with Gasteiger partial charge in [0.25, 0.3) is 5.91 Å². The fourth-order valence-electron chi connectivity index (χ4n) is 1.96. The SMILES string of the molecule is O=C(Nc1cccc(-c2nnsc2Cl)c1)C1COCCO1. The lowest BCUT2D eigenvalue weighted by Gasteiger charge is -2.22. The van der Waals surface area contributed by atoms with Crippen molar-refractivity contribution in [2.24, 2.45) is 0 Å². The zero-order chi connectivity index (χ0) is 14.7. The molecule has 1 N–H and O–H groups in total. The van der Waals surface area contributed by atoms with Crippen molar-refractivity contribution in [3.05, 3.63) is 28.6 Å². The monoisotopic (exact) mass is 325 g/mol. The number of anilines is 1. The molecule has 1 fully saturated rings. The van der Waals surface area contributed by atoms with E-state index in [2.05, 4.69) is 14.9 Å². The van der Waals surface area contributed by atoms with E-state index in [-0.39, 0.29) is 12.5 Å². The van der Waals surface area contributed by atoms with Crippen molar-refractivity contribution in [3.63, 3.8) is 0 Å². The van der Waals surface area contributed by atoms with E-state index in [0.717, 1.165) is 17.1 Å². The highest BCUT2D eigenvalue weighted by molar-refractivity contribution is 7.10. The van der Waals surface area contributed by atoms with Crippen molar-refractivity contribution >= 4 is 34.7 Å². The van der Waals surface area contributed by atoms with E-state index in [9.17, 15) is 4.79 Å². The molecular formula is C13H12ClN3O3S. The second-order valence-electron chi connectivity index (χ2n) is 4.40. The maximum absolute atomic E-state index is 12.1. The first-order valence-electron chi connectivity index (χ1n) is 6.32. The van der Waals surface area contributed by atoms with Gasteiger partial charge >= 0.3 is 0 Å². The Morgan fingerprint density at radius 3 is 3.05 bits per heavy atom. The Kier molecular flexibility index (Phi) is 4.45. The summed E-state index contributed by atoms with van der Waals surface area (Å²) in [4.78, 5) is 12.1. The van der Waals surface area contributed by atoms with Gasteiger partial charge in [-0.25, -0.2) is 0 Å². The van der Waals surface area contributed by atoms with Crippen LogP contribution >= 0.6 is 23.1 Å². The Bertz CT molecular complexity index is 643. The molecule has 110 valence electrons. The van der Waals surface area contributed by atoms with Gasteiger partial charge in [-0.2, -0.15) is 0 Å². The van der Waals surface area contributed by atoms with Gasteiger partial charge in [-0.3, -0.25) is 4.79 Å². The van der Waals surface area contributed by atoms with Gasteiger partial charge in [0.2, 0.25) is 0 Å². The molecular weight excluding hydrogens is 314 g/mol. The summed E-state index contributed by atoms with van der Waals surface area (Å²) in [6.07, 6.45) is -0.577. The number of carbonyl (C=O) groups excluding carboxylic acids is 1. The van der Waals surface area contributed by atoms with E-state index in [0.29, 0.717) is 28.9 Å². The second kappa shape index (κ2) is 6.48. The van der Waals surface area contributed by atoms with E-state index in [4.69, 9.17) is 21.1 Å². The summed E-state index contributed by atoms with van der Waals surface area (Å²) in [6, 6.07) is 7.26. The quantitative estimate of drug-likeness (QED) is 0.936. The number of nitrogens with one attached hydrogen (secondary N) is 1. The Balaban J connectivity index is 1.74. The zero-order valence-electron chi connectivity index (χ0n) is 10.9. The molecule has 0 spiro atoms. The molecule has 0 bridgehead atoms. The molecule has 0 aliphatic carbocycles. The van der Waals surface area contributed by atoms with Crippen LogP contribution in [0.4, 0.5) is 5.69 Å². The van der Waals surface area contributed by atoms with Crippen LogP contribution in [0, 0.1) is 0 Å². The van der Waals surface area contributed by atoms with Crippen LogP contribution < -0.4 is 5.32 Å². The highest BCUT2D eigenvalue weighted by Crippen LogP contribution is 2.29. The van der Waals surface area contributed by atoms with E-state index in [1.807, 2.05) is 12.1 Å². The number of nitrogens with zero attached hydrogens (tertiary/aromatic N) is 2. The van der Waals surface area contributed by atoms with Gasteiger partial charge in [0.1, 0.15) is 10.0 Å². The van der Waals surface area contributed by atoms with Crippen molar-refractivity contribution in [1.29, 1.82) is 0 Å². The highest BCUT2D eigenvalue weighted by Gasteiger charge is 2.22. The van der Waals surface area contributed by atoms with Crippen molar-refractivity contribution in [1.82, 2.24) is 9.59 Å². The summed E-state index contributed by atoms with van der Waals surface area (Å²) in [7, 11) is 0. The van der Waals surface area contributed by atoms with Crippen LogP contribution in [0.25, 0.3) is 11.3 Å². The fourth-order valence-corrected chi connectivity index (χ4v) is 2.64. The Morgan fingerprint density at radius 1 is 1.43 bits per heavy atom. The molecule has 1 aliphatic rings. The van der Waals surface area contributed by atoms with Gasteiger partial charge in [-0.15, -0.1) is 5.10 Å². The van der Waals surface area contributed by atoms with Crippen molar-refractivity contribution in [2.75, 3.05) is 25.1 Å². The van der Waals surface area contributed by atoms with Crippen LogP contribution in [0.3, 0.4) is 0 Å². The average molecular weight is 326 g/mol. The Morgan fingerprint density at radius 2 is 2.33 bits per heavy atom. The standard InChI is InChI=1S/C13H12ClN3O3S/c14-12-11(16-17-21-12)8-2-1-3-9(6-8)15-13(18)10-7-19-4-5-20-10/h1-3,6,10H,4-5,7H2,(H,15,18). The minimum absolute atomic E-state index is 0.227. The molecule has 2 aromatic rings. The smallest absolute Gasteiger partial charge is 0.255 e. The number of aromatic nitrogens is 2. The molecule has 6 nitrogen and oxygen atoms in total. The average Bonchev–Trinajstić information content (AvgIpc) is 2.94. The number of rotatable bonds is 3. The number of hydrogen-bond donors (Lipinski definition) is 1. The van der Waals surface area contributed by atoms with E-state index < -0.39 is 6.10 Å². The van der Waals surface area contributed by atoms with Gasteiger partial charge in [0.15, 0.2) is 6.10 Å². The number of halogens is 1. The first-order chi connectivity index (χ1) is 10.2. The van der Waals surface area contributed by atoms with Crippen LogP contribution in [0.1, 0.15) is 0 Å². The third kappa shape index (κ3) is 3.38. The molecule has 1 atom stereocenters. The first-order valence-corrected chi connectivity index (χ1v) is 7.47. The molecule has 21 heavy (non-hydrogen) atoms. The third-order valence-corrected chi connectivity index (χ3v) is 3.86. The highest BCUT2D eigenvalue weighted by atomic mass is 35.5. The van der Waals surface area contributed by atoms with Crippen LogP contribution in [-0.2, 0) is 14.3 Å². The molecule has 1 unspecified atom stereocenters. The molecule has 1 aromatic heterocycles. The van der Waals surface area contributed by atoms with Crippen LogP contribution in [0.2, 0.25) is 4.34 Å². The lowest BCUT2D eigenvalue weighted by atomic mass is 10.1. The minimum atomic E-state index is -0.577. The predicted octanol–water partition coefficient (Wildman–Crippen LogP) is 2.21. The Labute approximate surface area is 130 Å². The van der Waals surface area contributed by atoms with Crippen LogP contribution in [0.15, 0.2) is 24.3 Å². The maximum Gasteiger partial charge on any atom is 0.255 e. The molecule has 0 saturated carbocycles. The zero-order valence-corrected chi connectivity index (χ0v) is 12.5. The van der Waals surface area contributed by atoms with E-state index >= 15 is 0 Å². The lowest BCUT2D eigenvalue weighted by molar-refractivity contribution is -0.142. The second-order valence-corrected chi connectivity index (χ2v) is 5.76. The molecule has 1 aliphatic heterocycles. The summed E-state index contributed by atoms with van der Waals surface area (Å²) in [5.41, 5.74) is 2.05. The molecule has 2 heterocycles. The fraction of sp³-hybridized carbons (Fsp3) is 0.308. The molecule has 1 saturated heterocycles. The number of amides is 1. The summed E-state index contributed by atoms with van der Waals surface area (Å²) in [5, 5.41) is 6.78. The summed E-state index contributed by atoms with van der Waals surface area (Å²) in [6.45, 7) is 1.22. The molecule has 0 radical (unpaired) electrons. The summed E-state index contributed by atoms with van der Waals surface area (Å²) < 4.78 is 14.9. The predicted molar refractivity (Wildman–Crippen MR) is 79.5 cm³/mol. The van der Waals surface area contributed by atoms with Crippen molar-refractivity contribution in [2.45, 2.75) is 6.10 Å². The van der Waals surface area contributed by atoms with Crippen LogP contribution in [-0.4, -0.2) is 41.4 Å². The number of ether oxygens (including phenoxy) is 2. The third-order valence-electron chi connectivity index (χ3n) is 2.96. The molecule has 8 heteroatoms. The lowest BCUT2D eigenvalue weighted by Crippen LogP contribution is -2.39. The van der Waals surface area contributed by atoms with Gasteiger partial charge in [-0.05, 0) is 12.1 Å². The first kappa shape index (κ1) is 14.4. The summed E-state index contributed by atoms with van der Waals surface area (Å²) in [5.74, 6) is -0.227.